The van der Waals surface area contributed by atoms with Gasteiger partial charge in [-0.25, -0.2) is 0 Å². The lowest BCUT2D eigenvalue weighted by atomic mass is 10.1. The highest BCUT2D eigenvalue weighted by Gasteiger charge is 2.20. The molecule has 100 valence electrons. The van der Waals surface area contributed by atoms with Crippen molar-refractivity contribution in [1.82, 2.24) is 5.32 Å². The van der Waals surface area contributed by atoms with Crippen molar-refractivity contribution in [2.45, 2.75) is 13.3 Å². The molecule has 0 saturated carbocycles. The molecule has 1 atom stereocenters. The van der Waals surface area contributed by atoms with Crippen LogP contribution in [0, 0.1) is 5.92 Å². The zero-order valence-corrected chi connectivity index (χ0v) is 10.3. The number of oxime groups is 1. The van der Waals surface area contributed by atoms with Crippen LogP contribution in [0.3, 0.4) is 0 Å². The van der Waals surface area contributed by atoms with Gasteiger partial charge in [0.2, 0.25) is 5.91 Å². The summed E-state index contributed by atoms with van der Waals surface area (Å²) in [5.74, 6) is -0.942. The van der Waals surface area contributed by atoms with E-state index in [-0.39, 0.29) is 11.7 Å². The van der Waals surface area contributed by atoms with Gasteiger partial charge in [-0.1, -0.05) is 12.1 Å². The zero-order chi connectivity index (χ0) is 13.1. The Morgan fingerprint density at radius 3 is 2.71 bits per heavy atom. The van der Waals surface area contributed by atoms with Crippen molar-refractivity contribution in [3.8, 4) is 0 Å². The van der Waals surface area contributed by atoms with Crippen molar-refractivity contribution >= 4 is 11.7 Å². The molecule has 17 heavy (non-hydrogen) atoms. The third-order valence-electron chi connectivity index (χ3n) is 2.17. The molecule has 0 aromatic rings. The van der Waals surface area contributed by atoms with E-state index in [1.807, 2.05) is 0 Å². The van der Waals surface area contributed by atoms with Crippen molar-refractivity contribution < 1.29 is 19.5 Å². The number of ether oxygens (including phenoxy) is 2. The number of methoxy groups -OCH3 is 1. The molecule has 0 aromatic heterocycles. The Hall–Kier alpha value is -1.34. The van der Waals surface area contributed by atoms with Gasteiger partial charge < -0.3 is 25.7 Å². The number of carbonyl (C=O) groups is 1. The Bertz CT molecular complexity index is 246. The second-order valence-corrected chi connectivity index (χ2v) is 3.38. The Kier molecular flexibility index (Phi) is 9.08. The van der Waals surface area contributed by atoms with Gasteiger partial charge in [-0.15, -0.1) is 0 Å². The molecule has 0 aliphatic heterocycles. The van der Waals surface area contributed by atoms with Crippen molar-refractivity contribution in [3.05, 3.63) is 0 Å². The molecule has 0 rings (SSSR count). The summed E-state index contributed by atoms with van der Waals surface area (Å²) in [6.07, 6.45) is 0.478. The lowest BCUT2D eigenvalue weighted by Crippen LogP contribution is -2.39. The number of nitrogens with one attached hydrogen (secondary N) is 1. The number of hydrogen-bond acceptors (Lipinski definition) is 5. The average molecular weight is 247 g/mol. The van der Waals surface area contributed by atoms with Crippen molar-refractivity contribution in [1.29, 1.82) is 0 Å². The van der Waals surface area contributed by atoms with E-state index in [9.17, 15) is 4.79 Å². The lowest BCUT2D eigenvalue weighted by Gasteiger charge is -2.13. The first-order chi connectivity index (χ1) is 8.17. The summed E-state index contributed by atoms with van der Waals surface area (Å²) >= 11 is 0. The molecule has 0 fully saturated rings. The molecule has 0 aliphatic carbocycles. The SMILES string of the molecule is CCC(C(=O)NCCOCCOC)C(N)=NO. The summed E-state index contributed by atoms with van der Waals surface area (Å²) in [7, 11) is 1.59. The number of carbonyl (C=O) groups excluding carboxylic acids is 1. The maximum Gasteiger partial charge on any atom is 0.230 e. The van der Waals surface area contributed by atoms with E-state index in [0.717, 1.165) is 0 Å². The number of rotatable bonds is 9. The fourth-order valence-corrected chi connectivity index (χ4v) is 1.21. The number of hydrogen-bond donors (Lipinski definition) is 3. The summed E-state index contributed by atoms with van der Waals surface area (Å²) in [4.78, 5) is 11.6. The minimum atomic E-state index is -0.598. The monoisotopic (exact) mass is 247 g/mol. The van der Waals surface area contributed by atoms with Gasteiger partial charge in [0.15, 0.2) is 5.84 Å². The van der Waals surface area contributed by atoms with Crippen LogP contribution in [0.25, 0.3) is 0 Å². The van der Waals surface area contributed by atoms with Gasteiger partial charge >= 0.3 is 0 Å². The van der Waals surface area contributed by atoms with Gasteiger partial charge in [0.1, 0.15) is 0 Å². The predicted octanol–water partition coefficient (Wildman–Crippen LogP) is -0.462. The zero-order valence-electron chi connectivity index (χ0n) is 10.3. The molecule has 0 aromatic carbocycles. The van der Waals surface area contributed by atoms with Gasteiger partial charge in [0, 0.05) is 13.7 Å². The highest BCUT2D eigenvalue weighted by Crippen LogP contribution is 2.02. The minimum absolute atomic E-state index is 0.0784. The van der Waals surface area contributed by atoms with E-state index in [4.69, 9.17) is 20.4 Å². The van der Waals surface area contributed by atoms with E-state index in [1.165, 1.54) is 0 Å². The van der Waals surface area contributed by atoms with Crippen LogP contribution in [0.5, 0.6) is 0 Å². The highest BCUT2D eigenvalue weighted by molar-refractivity contribution is 6.01. The lowest BCUT2D eigenvalue weighted by molar-refractivity contribution is -0.123. The van der Waals surface area contributed by atoms with Crippen LogP contribution in [0.2, 0.25) is 0 Å². The number of nitrogens with zero attached hydrogens (tertiary/aromatic N) is 1. The highest BCUT2D eigenvalue weighted by atomic mass is 16.5. The maximum absolute atomic E-state index is 11.6. The summed E-state index contributed by atoms with van der Waals surface area (Å²) in [6, 6.07) is 0. The van der Waals surface area contributed by atoms with Gasteiger partial charge in [-0.05, 0) is 6.42 Å². The summed E-state index contributed by atoms with van der Waals surface area (Å²) in [6.45, 7) is 3.59. The minimum Gasteiger partial charge on any atom is -0.409 e. The quantitative estimate of drug-likeness (QED) is 0.168. The Morgan fingerprint density at radius 2 is 2.18 bits per heavy atom. The fourth-order valence-electron chi connectivity index (χ4n) is 1.21. The standard InChI is InChI=1S/C10H21N3O4/c1-3-8(9(11)13-15)10(14)12-4-5-17-7-6-16-2/h8,15H,3-7H2,1-2H3,(H2,11,13)(H,12,14). The van der Waals surface area contributed by atoms with E-state index in [2.05, 4.69) is 10.5 Å². The van der Waals surface area contributed by atoms with Crippen molar-refractivity contribution in [3.63, 3.8) is 0 Å². The van der Waals surface area contributed by atoms with Crippen LogP contribution < -0.4 is 11.1 Å². The van der Waals surface area contributed by atoms with Crippen LogP contribution in [0.15, 0.2) is 5.16 Å². The van der Waals surface area contributed by atoms with Gasteiger partial charge in [0.05, 0.1) is 25.7 Å². The maximum atomic E-state index is 11.6. The second-order valence-electron chi connectivity index (χ2n) is 3.38. The molecule has 1 amide bonds. The van der Waals surface area contributed by atoms with Crippen LogP contribution in [-0.2, 0) is 14.3 Å². The molecule has 0 spiro atoms. The van der Waals surface area contributed by atoms with Crippen molar-refractivity contribution in [2.75, 3.05) is 33.5 Å². The molecule has 7 heteroatoms. The summed E-state index contributed by atoms with van der Waals surface area (Å²) in [5.41, 5.74) is 5.39. The number of nitrogens with two attached hydrogens (primary N) is 1. The molecule has 1 unspecified atom stereocenters. The molecule has 0 saturated heterocycles. The Labute approximate surface area is 101 Å². The van der Waals surface area contributed by atoms with Crippen LogP contribution in [0.4, 0.5) is 0 Å². The van der Waals surface area contributed by atoms with E-state index in [1.54, 1.807) is 14.0 Å². The van der Waals surface area contributed by atoms with Crippen LogP contribution in [0.1, 0.15) is 13.3 Å². The average Bonchev–Trinajstić information content (AvgIpc) is 2.34. The molecule has 0 aliphatic rings. The first-order valence-corrected chi connectivity index (χ1v) is 5.49. The van der Waals surface area contributed by atoms with E-state index >= 15 is 0 Å². The van der Waals surface area contributed by atoms with Gasteiger partial charge in [-0.3, -0.25) is 4.79 Å². The molecular weight excluding hydrogens is 226 g/mol. The first kappa shape index (κ1) is 15.7. The smallest absolute Gasteiger partial charge is 0.230 e. The second kappa shape index (κ2) is 9.86. The molecular formula is C10H21N3O4. The third kappa shape index (κ3) is 6.75. The molecule has 0 bridgehead atoms. The first-order valence-electron chi connectivity index (χ1n) is 5.49. The topological polar surface area (TPSA) is 106 Å². The summed E-state index contributed by atoms with van der Waals surface area (Å²) in [5, 5.41) is 14.0. The largest absolute Gasteiger partial charge is 0.409 e. The van der Waals surface area contributed by atoms with Crippen molar-refractivity contribution in [2.24, 2.45) is 16.8 Å². The molecule has 0 heterocycles. The Balaban J connectivity index is 3.77. The van der Waals surface area contributed by atoms with E-state index in [0.29, 0.717) is 32.8 Å². The van der Waals surface area contributed by atoms with Gasteiger partial charge in [0.25, 0.3) is 0 Å². The van der Waals surface area contributed by atoms with Gasteiger partial charge in [-0.2, -0.15) is 0 Å². The third-order valence-corrected chi connectivity index (χ3v) is 2.17. The van der Waals surface area contributed by atoms with Crippen LogP contribution in [-0.4, -0.2) is 50.4 Å². The molecule has 7 nitrogen and oxygen atoms in total. The fraction of sp³-hybridized carbons (Fsp3) is 0.800. The predicted molar refractivity (Wildman–Crippen MR) is 62.9 cm³/mol. The Morgan fingerprint density at radius 1 is 1.47 bits per heavy atom. The normalized spacial score (nSPS) is 13.4. The van der Waals surface area contributed by atoms with E-state index < -0.39 is 5.92 Å². The van der Waals surface area contributed by atoms with Crippen LogP contribution >= 0.6 is 0 Å². The number of amidine groups is 1. The summed E-state index contributed by atoms with van der Waals surface area (Å²) < 4.78 is 9.97. The number of amides is 1. The molecule has 0 radical (unpaired) electrons. The molecule has 4 N–H and O–H groups in total.